The molecule has 6 heteroatoms. The summed E-state index contributed by atoms with van der Waals surface area (Å²) in [5.41, 5.74) is -0.372. The highest BCUT2D eigenvalue weighted by Crippen LogP contribution is 2.31. The van der Waals surface area contributed by atoms with E-state index >= 15 is 0 Å². The second-order valence-corrected chi connectivity index (χ2v) is 4.94. The van der Waals surface area contributed by atoms with Gasteiger partial charge in [0.25, 0.3) is 0 Å². The van der Waals surface area contributed by atoms with Crippen LogP contribution in [0.25, 0.3) is 0 Å². The van der Waals surface area contributed by atoms with Crippen molar-refractivity contribution < 1.29 is 14.8 Å². The van der Waals surface area contributed by atoms with Gasteiger partial charge in [-0.05, 0) is 38.9 Å². The minimum atomic E-state index is -0.900. The molecular weight excluding hydrogens is 248 g/mol. The molecule has 19 heavy (non-hydrogen) atoms. The van der Waals surface area contributed by atoms with Gasteiger partial charge in [-0.2, -0.15) is 0 Å². The molecule has 1 aliphatic heterocycles. The summed E-state index contributed by atoms with van der Waals surface area (Å²) in [6.07, 6.45) is 1.18. The van der Waals surface area contributed by atoms with Crippen molar-refractivity contribution in [2.24, 2.45) is 0 Å². The normalized spacial score (nSPS) is 18.0. The number of benzene rings is 1. The van der Waals surface area contributed by atoms with Gasteiger partial charge in [0.05, 0.1) is 4.92 Å². The number of piperidine rings is 1. The average Bonchev–Trinajstić information content (AvgIpc) is 2.37. The molecule has 1 saturated heterocycles. The summed E-state index contributed by atoms with van der Waals surface area (Å²) >= 11 is 0. The van der Waals surface area contributed by atoms with E-state index in [9.17, 15) is 15.2 Å². The van der Waals surface area contributed by atoms with E-state index in [1.54, 1.807) is 25.1 Å². The van der Waals surface area contributed by atoms with Crippen molar-refractivity contribution in [3.63, 3.8) is 0 Å². The molecule has 0 spiro atoms. The molecule has 0 radical (unpaired) electrons. The number of nitrogens with one attached hydrogen (secondary N) is 1. The standard InChI is InChI=1S/C13H18N2O4/c1-10-3-2-4-11(12(10)15(17)18)19-9-13(16)5-7-14-8-6-13/h2-4,14,16H,5-9H2,1H3. The van der Waals surface area contributed by atoms with E-state index in [1.807, 2.05) is 0 Å². The highest BCUT2D eigenvalue weighted by molar-refractivity contribution is 5.52. The van der Waals surface area contributed by atoms with Gasteiger partial charge >= 0.3 is 5.69 Å². The van der Waals surface area contributed by atoms with Gasteiger partial charge < -0.3 is 15.2 Å². The van der Waals surface area contributed by atoms with Crippen LogP contribution in [0.5, 0.6) is 5.75 Å². The molecule has 0 amide bonds. The number of nitro groups is 1. The molecule has 0 bridgehead atoms. The first-order valence-corrected chi connectivity index (χ1v) is 6.32. The quantitative estimate of drug-likeness (QED) is 0.635. The van der Waals surface area contributed by atoms with Crippen LogP contribution in [0.15, 0.2) is 18.2 Å². The summed E-state index contributed by atoms with van der Waals surface area (Å²) in [6, 6.07) is 4.95. The van der Waals surface area contributed by atoms with Gasteiger partial charge in [-0.25, -0.2) is 0 Å². The Morgan fingerprint density at radius 2 is 2.16 bits per heavy atom. The van der Waals surface area contributed by atoms with Crippen LogP contribution in [-0.2, 0) is 0 Å². The number of hydrogen-bond acceptors (Lipinski definition) is 5. The van der Waals surface area contributed by atoms with E-state index < -0.39 is 10.5 Å². The van der Waals surface area contributed by atoms with Crippen LogP contribution in [0, 0.1) is 17.0 Å². The first kappa shape index (κ1) is 13.8. The third-order valence-electron chi connectivity index (χ3n) is 3.41. The van der Waals surface area contributed by atoms with Crippen molar-refractivity contribution in [3.05, 3.63) is 33.9 Å². The maximum Gasteiger partial charge on any atom is 0.313 e. The molecule has 0 aromatic heterocycles. The van der Waals surface area contributed by atoms with Crippen LogP contribution >= 0.6 is 0 Å². The van der Waals surface area contributed by atoms with E-state index in [1.165, 1.54) is 0 Å². The van der Waals surface area contributed by atoms with Gasteiger partial charge in [-0.1, -0.05) is 12.1 Å². The fourth-order valence-electron chi connectivity index (χ4n) is 2.23. The maximum atomic E-state index is 11.0. The average molecular weight is 266 g/mol. The summed E-state index contributed by atoms with van der Waals surface area (Å²) < 4.78 is 5.50. The summed E-state index contributed by atoms with van der Waals surface area (Å²) in [7, 11) is 0. The summed E-state index contributed by atoms with van der Waals surface area (Å²) in [4.78, 5) is 10.6. The van der Waals surface area contributed by atoms with Crippen molar-refractivity contribution in [2.45, 2.75) is 25.4 Å². The molecule has 1 aliphatic rings. The predicted molar refractivity (Wildman–Crippen MR) is 70.4 cm³/mol. The number of para-hydroxylation sites is 1. The zero-order valence-electron chi connectivity index (χ0n) is 10.9. The largest absolute Gasteiger partial charge is 0.484 e. The molecule has 1 heterocycles. The molecular formula is C13H18N2O4. The second-order valence-electron chi connectivity index (χ2n) is 4.94. The SMILES string of the molecule is Cc1cccc(OCC2(O)CCNCC2)c1[N+](=O)[O-]. The van der Waals surface area contributed by atoms with Gasteiger partial charge in [0.2, 0.25) is 0 Å². The lowest BCUT2D eigenvalue weighted by Gasteiger charge is -2.32. The molecule has 0 saturated carbocycles. The lowest BCUT2D eigenvalue weighted by atomic mass is 9.93. The number of nitro benzene ring substituents is 1. The fourth-order valence-corrected chi connectivity index (χ4v) is 2.23. The number of rotatable bonds is 4. The van der Waals surface area contributed by atoms with Crippen LogP contribution in [0.4, 0.5) is 5.69 Å². The molecule has 1 aromatic carbocycles. The Labute approximate surface area is 111 Å². The predicted octanol–water partition coefficient (Wildman–Crippen LogP) is 1.40. The van der Waals surface area contributed by atoms with Crippen molar-refractivity contribution >= 4 is 5.69 Å². The Morgan fingerprint density at radius 3 is 2.79 bits per heavy atom. The fraction of sp³-hybridized carbons (Fsp3) is 0.538. The molecule has 1 aromatic rings. The van der Waals surface area contributed by atoms with E-state index in [4.69, 9.17) is 4.74 Å². The Kier molecular flexibility index (Phi) is 4.01. The van der Waals surface area contributed by atoms with Gasteiger partial charge in [0.15, 0.2) is 5.75 Å². The number of aliphatic hydroxyl groups is 1. The zero-order chi connectivity index (χ0) is 13.9. The number of ether oxygens (including phenoxy) is 1. The Hall–Kier alpha value is -1.66. The molecule has 104 valence electrons. The highest BCUT2D eigenvalue weighted by Gasteiger charge is 2.31. The lowest BCUT2D eigenvalue weighted by molar-refractivity contribution is -0.386. The Morgan fingerprint density at radius 1 is 1.47 bits per heavy atom. The van der Waals surface area contributed by atoms with Crippen molar-refractivity contribution in [1.82, 2.24) is 5.32 Å². The molecule has 0 atom stereocenters. The van der Waals surface area contributed by atoms with Gasteiger partial charge in [0, 0.05) is 5.56 Å². The third-order valence-corrected chi connectivity index (χ3v) is 3.41. The zero-order valence-corrected chi connectivity index (χ0v) is 10.9. The molecule has 2 N–H and O–H groups in total. The Balaban J connectivity index is 2.11. The van der Waals surface area contributed by atoms with Crippen LogP contribution in [0.2, 0.25) is 0 Å². The molecule has 6 nitrogen and oxygen atoms in total. The van der Waals surface area contributed by atoms with Gasteiger partial charge in [-0.3, -0.25) is 10.1 Å². The van der Waals surface area contributed by atoms with Crippen LogP contribution in [-0.4, -0.2) is 35.3 Å². The van der Waals surface area contributed by atoms with Gasteiger partial charge in [0.1, 0.15) is 12.2 Å². The van der Waals surface area contributed by atoms with Crippen LogP contribution in [0.3, 0.4) is 0 Å². The third kappa shape index (κ3) is 3.21. The molecule has 0 unspecified atom stereocenters. The van der Waals surface area contributed by atoms with Crippen LogP contribution < -0.4 is 10.1 Å². The smallest absolute Gasteiger partial charge is 0.313 e. The van der Waals surface area contributed by atoms with E-state index in [-0.39, 0.29) is 18.0 Å². The lowest BCUT2D eigenvalue weighted by Crippen LogP contribution is -2.46. The monoisotopic (exact) mass is 266 g/mol. The van der Waals surface area contributed by atoms with Crippen molar-refractivity contribution in [3.8, 4) is 5.75 Å². The number of nitrogens with zero attached hydrogens (tertiary/aromatic N) is 1. The van der Waals surface area contributed by atoms with Crippen LogP contribution in [0.1, 0.15) is 18.4 Å². The summed E-state index contributed by atoms with van der Waals surface area (Å²) in [5.74, 6) is 0.219. The Bertz CT molecular complexity index is 470. The maximum absolute atomic E-state index is 11.0. The minimum absolute atomic E-state index is 0.0277. The molecule has 2 rings (SSSR count). The highest BCUT2D eigenvalue weighted by atomic mass is 16.6. The number of hydrogen-bond donors (Lipinski definition) is 2. The first-order valence-electron chi connectivity index (χ1n) is 6.32. The number of aryl methyl sites for hydroxylation is 1. The summed E-state index contributed by atoms with van der Waals surface area (Å²) in [5, 5.41) is 24.5. The van der Waals surface area contributed by atoms with E-state index in [0.717, 1.165) is 13.1 Å². The first-order chi connectivity index (χ1) is 9.02. The van der Waals surface area contributed by atoms with Crippen molar-refractivity contribution in [1.29, 1.82) is 0 Å². The molecule has 0 aliphatic carbocycles. The van der Waals surface area contributed by atoms with E-state index in [0.29, 0.717) is 18.4 Å². The topological polar surface area (TPSA) is 84.6 Å². The van der Waals surface area contributed by atoms with E-state index in [2.05, 4.69) is 5.32 Å². The minimum Gasteiger partial charge on any atom is -0.484 e. The summed E-state index contributed by atoms with van der Waals surface area (Å²) in [6.45, 7) is 3.22. The van der Waals surface area contributed by atoms with Gasteiger partial charge in [-0.15, -0.1) is 0 Å². The van der Waals surface area contributed by atoms with Crippen molar-refractivity contribution in [2.75, 3.05) is 19.7 Å². The molecule has 1 fully saturated rings. The second kappa shape index (κ2) is 5.54.